The first kappa shape index (κ1) is 16.5. The Labute approximate surface area is 143 Å². The Morgan fingerprint density at radius 1 is 1.29 bits per heavy atom. The van der Waals surface area contributed by atoms with E-state index in [1.807, 2.05) is 7.05 Å². The SMILES string of the molecule is Cn1/c(=N/NC(=O)NC2CCCCC2)sc2cc(C(=O)[O-])ccc21. The second-order valence-electron chi connectivity index (χ2n) is 5.95. The lowest BCUT2D eigenvalue weighted by molar-refractivity contribution is -0.255. The average molecular weight is 347 g/mol. The molecule has 1 aromatic carbocycles. The van der Waals surface area contributed by atoms with E-state index in [0.29, 0.717) is 4.80 Å². The van der Waals surface area contributed by atoms with E-state index in [2.05, 4.69) is 15.8 Å². The number of carbonyl (C=O) groups excluding carboxylic acids is 2. The molecule has 24 heavy (non-hydrogen) atoms. The number of aryl methyl sites for hydroxylation is 1. The van der Waals surface area contributed by atoms with E-state index < -0.39 is 5.97 Å². The number of carboxylic acid groups (broad SMARTS) is 1. The predicted octanol–water partition coefficient (Wildman–Crippen LogP) is 1.05. The van der Waals surface area contributed by atoms with Crippen LogP contribution in [0, 0.1) is 0 Å². The quantitative estimate of drug-likeness (QED) is 0.812. The Morgan fingerprint density at radius 2 is 2.04 bits per heavy atom. The molecule has 128 valence electrons. The zero-order valence-corrected chi connectivity index (χ0v) is 14.2. The lowest BCUT2D eigenvalue weighted by atomic mass is 9.96. The van der Waals surface area contributed by atoms with Gasteiger partial charge in [-0.3, -0.25) is 0 Å². The summed E-state index contributed by atoms with van der Waals surface area (Å²) in [4.78, 5) is 23.5. The molecule has 1 fully saturated rings. The minimum atomic E-state index is -1.21. The number of thiazole rings is 1. The molecule has 2 N–H and O–H groups in total. The van der Waals surface area contributed by atoms with E-state index in [-0.39, 0.29) is 17.6 Å². The van der Waals surface area contributed by atoms with E-state index in [1.54, 1.807) is 16.7 Å². The number of hydrogen-bond acceptors (Lipinski definition) is 5. The summed E-state index contributed by atoms with van der Waals surface area (Å²) in [6.45, 7) is 0. The highest BCUT2D eigenvalue weighted by molar-refractivity contribution is 7.16. The maximum Gasteiger partial charge on any atom is 0.335 e. The number of nitrogens with zero attached hydrogens (tertiary/aromatic N) is 2. The van der Waals surface area contributed by atoms with Crippen LogP contribution in [0.15, 0.2) is 23.3 Å². The van der Waals surface area contributed by atoms with E-state index >= 15 is 0 Å². The first-order valence-corrected chi connectivity index (χ1v) is 8.77. The summed E-state index contributed by atoms with van der Waals surface area (Å²) in [5.74, 6) is -1.21. The van der Waals surface area contributed by atoms with Gasteiger partial charge >= 0.3 is 6.03 Å². The van der Waals surface area contributed by atoms with Crippen LogP contribution in [0.25, 0.3) is 10.2 Å². The molecular weight excluding hydrogens is 328 g/mol. The van der Waals surface area contributed by atoms with Crippen molar-refractivity contribution in [2.45, 2.75) is 38.1 Å². The van der Waals surface area contributed by atoms with Gasteiger partial charge in [-0.25, -0.2) is 10.2 Å². The van der Waals surface area contributed by atoms with Crippen molar-refractivity contribution in [3.8, 4) is 0 Å². The molecule has 8 heteroatoms. The van der Waals surface area contributed by atoms with Gasteiger partial charge in [0.15, 0.2) is 0 Å². The lowest BCUT2D eigenvalue weighted by Crippen LogP contribution is -2.41. The zero-order valence-electron chi connectivity index (χ0n) is 13.4. The van der Waals surface area contributed by atoms with Gasteiger partial charge in [0.25, 0.3) is 0 Å². The fourth-order valence-corrected chi connectivity index (χ4v) is 3.95. The Balaban J connectivity index is 1.75. The summed E-state index contributed by atoms with van der Waals surface area (Å²) in [7, 11) is 1.82. The van der Waals surface area contributed by atoms with Crippen molar-refractivity contribution in [2.24, 2.45) is 12.1 Å². The summed E-state index contributed by atoms with van der Waals surface area (Å²) >= 11 is 1.31. The molecule has 0 radical (unpaired) electrons. The second-order valence-corrected chi connectivity index (χ2v) is 6.95. The molecule has 0 bridgehead atoms. The number of carbonyl (C=O) groups is 2. The number of amides is 2. The molecule has 0 saturated heterocycles. The van der Waals surface area contributed by atoms with Crippen LogP contribution in [0.1, 0.15) is 42.5 Å². The van der Waals surface area contributed by atoms with Crippen LogP contribution in [0.2, 0.25) is 0 Å². The summed E-state index contributed by atoms with van der Waals surface area (Å²) in [5, 5.41) is 18.0. The molecule has 2 aromatic rings. The average Bonchev–Trinajstić information content (AvgIpc) is 2.89. The van der Waals surface area contributed by atoms with Gasteiger partial charge in [0, 0.05) is 13.1 Å². The first-order chi connectivity index (χ1) is 11.5. The first-order valence-electron chi connectivity index (χ1n) is 7.96. The van der Waals surface area contributed by atoms with Crippen molar-refractivity contribution < 1.29 is 14.7 Å². The molecule has 2 amide bonds. The summed E-state index contributed by atoms with van der Waals surface area (Å²) < 4.78 is 2.58. The molecule has 0 unspecified atom stereocenters. The van der Waals surface area contributed by atoms with Crippen LogP contribution in [-0.2, 0) is 7.05 Å². The van der Waals surface area contributed by atoms with Gasteiger partial charge in [-0.05, 0) is 30.5 Å². The smallest absolute Gasteiger partial charge is 0.335 e. The van der Waals surface area contributed by atoms with Crippen molar-refractivity contribution in [1.82, 2.24) is 15.3 Å². The molecule has 1 aromatic heterocycles. The molecule has 1 aliphatic rings. The third kappa shape index (κ3) is 3.59. The van der Waals surface area contributed by atoms with E-state index in [0.717, 1.165) is 35.9 Å². The zero-order chi connectivity index (χ0) is 17.1. The van der Waals surface area contributed by atoms with Crippen molar-refractivity contribution >= 4 is 33.6 Å². The molecular formula is C16H19N4O3S-. The summed E-state index contributed by atoms with van der Waals surface area (Å²) in [5.41, 5.74) is 3.49. The number of carboxylic acids is 1. The van der Waals surface area contributed by atoms with Crippen LogP contribution in [-0.4, -0.2) is 22.6 Å². The lowest BCUT2D eigenvalue weighted by Gasteiger charge is -2.22. The highest BCUT2D eigenvalue weighted by Crippen LogP contribution is 2.18. The van der Waals surface area contributed by atoms with Gasteiger partial charge in [-0.2, -0.15) is 0 Å². The van der Waals surface area contributed by atoms with Gasteiger partial charge in [-0.1, -0.05) is 36.7 Å². The predicted molar refractivity (Wildman–Crippen MR) is 89.2 cm³/mol. The van der Waals surface area contributed by atoms with Crippen molar-refractivity contribution in [3.63, 3.8) is 0 Å². The number of nitrogens with one attached hydrogen (secondary N) is 2. The molecule has 7 nitrogen and oxygen atoms in total. The molecule has 1 aliphatic carbocycles. The van der Waals surface area contributed by atoms with Gasteiger partial charge in [0.1, 0.15) is 0 Å². The number of rotatable bonds is 3. The number of hydrogen-bond donors (Lipinski definition) is 2. The third-order valence-corrected chi connectivity index (χ3v) is 5.33. The van der Waals surface area contributed by atoms with E-state index in [1.165, 1.54) is 23.8 Å². The third-order valence-electron chi connectivity index (χ3n) is 4.24. The number of aromatic carboxylic acids is 1. The molecule has 0 spiro atoms. The van der Waals surface area contributed by atoms with Gasteiger partial charge in [0.2, 0.25) is 4.80 Å². The number of urea groups is 1. The molecule has 1 heterocycles. The Hall–Kier alpha value is -2.35. The van der Waals surface area contributed by atoms with Gasteiger partial charge < -0.3 is 19.8 Å². The highest BCUT2D eigenvalue weighted by Gasteiger charge is 2.15. The summed E-state index contributed by atoms with van der Waals surface area (Å²) in [6.07, 6.45) is 5.55. The molecule has 0 atom stereocenters. The van der Waals surface area contributed by atoms with Crippen LogP contribution in [0.4, 0.5) is 4.79 Å². The molecule has 0 aliphatic heterocycles. The largest absolute Gasteiger partial charge is 0.545 e. The molecule has 3 rings (SSSR count). The van der Waals surface area contributed by atoms with Crippen molar-refractivity contribution in [1.29, 1.82) is 0 Å². The monoisotopic (exact) mass is 347 g/mol. The number of fused-ring (bicyclic) bond motifs is 1. The van der Waals surface area contributed by atoms with Crippen LogP contribution >= 0.6 is 11.3 Å². The number of aromatic nitrogens is 1. The fourth-order valence-electron chi connectivity index (χ4n) is 2.93. The molecule has 1 saturated carbocycles. The van der Waals surface area contributed by atoms with Gasteiger partial charge in [0.05, 0.1) is 16.2 Å². The topological polar surface area (TPSA) is 98.6 Å². The van der Waals surface area contributed by atoms with Crippen molar-refractivity contribution in [3.05, 3.63) is 28.6 Å². The van der Waals surface area contributed by atoms with Crippen LogP contribution < -0.4 is 20.7 Å². The van der Waals surface area contributed by atoms with Crippen LogP contribution in [0.3, 0.4) is 0 Å². The number of benzene rings is 1. The Morgan fingerprint density at radius 3 is 2.75 bits per heavy atom. The summed E-state index contributed by atoms with van der Waals surface area (Å²) in [6, 6.07) is 4.66. The highest BCUT2D eigenvalue weighted by atomic mass is 32.1. The minimum absolute atomic E-state index is 0.124. The van der Waals surface area contributed by atoms with E-state index in [4.69, 9.17) is 0 Å². The van der Waals surface area contributed by atoms with Crippen LogP contribution in [0.5, 0.6) is 0 Å². The Bertz CT molecular complexity index is 833. The van der Waals surface area contributed by atoms with Crippen molar-refractivity contribution in [2.75, 3.05) is 0 Å². The Kier molecular flexibility index (Phi) is 4.84. The van der Waals surface area contributed by atoms with Gasteiger partial charge in [-0.15, -0.1) is 5.10 Å². The second kappa shape index (κ2) is 7.04. The maximum absolute atomic E-state index is 11.9. The minimum Gasteiger partial charge on any atom is -0.545 e. The standard InChI is InChI=1S/C16H20N4O3S/c1-20-12-8-7-10(14(21)22)9-13(12)24-16(20)19-18-15(23)17-11-5-3-2-4-6-11/h7-9,11H,2-6H2,1H3,(H,21,22)(H2,17,18,23)/p-1/b19-16-. The van der Waals surface area contributed by atoms with E-state index in [9.17, 15) is 14.7 Å². The normalized spacial score (nSPS) is 16.3. The fraction of sp³-hybridized carbons (Fsp3) is 0.438. The maximum atomic E-state index is 11.9.